The Balaban J connectivity index is 2.52. The predicted octanol–water partition coefficient (Wildman–Crippen LogP) is 1.92. The first-order chi connectivity index (χ1) is 7.69. The second kappa shape index (κ2) is 4.10. The lowest BCUT2D eigenvalue weighted by Crippen LogP contribution is -2.21. The summed E-state index contributed by atoms with van der Waals surface area (Å²) in [6.45, 7) is 1.89. The van der Waals surface area contributed by atoms with E-state index in [-0.39, 0.29) is 12.4 Å². The van der Waals surface area contributed by atoms with E-state index in [9.17, 15) is 5.11 Å². The highest BCUT2D eigenvalue weighted by Crippen LogP contribution is 2.39. The highest BCUT2D eigenvalue weighted by Gasteiger charge is 2.32. The van der Waals surface area contributed by atoms with E-state index in [0.717, 1.165) is 11.1 Å². The molecule has 0 aromatic heterocycles. The number of allylic oxidation sites excluding steroid dienone is 1. The Kier molecular flexibility index (Phi) is 2.79. The zero-order valence-electron chi connectivity index (χ0n) is 9.22. The van der Waals surface area contributed by atoms with Crippen LogP contribution >= 0.6 is 0 Å². The predicted molar refractivity (Wildman–Crippen MR) is 63.9 cm³/mol. The monoisotopic (exact) mass is 217 g/mol. The highest BCUT2D eigenvalue weighted by atomic mass is 16.3. The summed E-state index contributed by atoms with van der Waals surface area (Å²) in [5, 5.41) is 19.2. The van der Waals surface area contributed by atoms with E-state index >= 15 is 0 Å². The molecule has 0 amide bonds. The summed E-state index contributed by atoms with van der Waals surface area (Å²) in [5.41, 5.74) is 0.988. The van der Waals surface area contributed by atoms with Crippen molar-refractivity contribution >= 4 is 6.21 Å². The van der Waals surface area contributed by atoms with Crippen LogP contribution in [0.3, 0.4) is 0 Å². The first-order valence-electron chi connectivity index (χ1n) is 5.32. The Hall–Kier alpha value is -1.61. The number of aryl methyl sites for hydroxylation is 1. The molecule has 2 rings (SSSR count). The standard InChI is InChI=1S/C13H15NO2/c1-10-4-2-5-11(12(10)16)13(7-9-15)6-3-8-14-13/h2-6,8,15-16H,7,9H2,1H3. The van der Waals surface area contributed by atoms with Crippen LogP contribution in [0.2, 0.25) is 0 Å². The molecule has 0 saturated heterocycles. The summed E-state index contributed by atoms with van der Waals surface area (Å²) in [7, 11) is 0. The summed E-state index contributed by atoms with van der Waals surface area (Å²) < 4.78 is 0. The van der Waals surface area contributed by atoms with Crippen molar-refractivity contribution in [3.05, 3.63) is 41.5 Å². The van der Waals surface area contributed by atoms with Gasteiger partial charge in [-0.05, 0) is 18.6 Å². The molecule has 1 heterocycles. The SMILES string of the molecule is Cc1cccc(C2(CCO)C=CC=N2)c1O. The fourth-order valence-electron chi connectivity index (χ4n) is 2.04. The van der Waals surface area contributed by atoms with Crippen LogP contribution in [0.25, 0.3) is 0 Å². The van der Waals surface area contributed by atoms with Crippen molar-refractivity contribution in [1.29, 1.82) is 0 Å². The molecule has 16 heavy (non-hydrogen) atoms. The summed E-state index contributed by atoms with van der Waals surface area (Å²) in [6, 6.07) is 5.60. The Labute approximate surface area is 94.8 Å². The number of hydrogen-bond acceptors (Lipinski definition) is 3. The molecule has 0 radical (unpaired) electrons. The van der Waals surface area contributed by atoms with Gasteiger partial charge in [0, 0.05) is 24.8 Å². The summed E-state index contributed by atoms with van der Waals surface area (Å²) in [5.74, 6) is 0.264. The van der Waals surface area contributed by atoms with E-state index in [1.807, 2.05) is 37.3 Å². The van der Waals surface area contributed by atoms with Crippen LogP contribution in [0.5, 0.6) is 5.75 Å². The van der Waals surface area contributed by atoms with Gasteiger partial charge in [-0.25, -0.2) is 0 Å². The zero-order valence-corrected chi connectivity index (χ0v) is 9.22. The lowest BCUT2D eigenvalue weighted by atomic mass is 9.86. The first kappa shape index (κ1) is 10.9. The molecule has 0 saturated carbocycles. The van der Waals surface area contributed by atoms with Gasteiger partial charge in [-0.3, -0.25) is 4.99 Å². The van der Waals surface area contributed by atoms with Gasteiger partial charge < -0.3 is 10.2 Å². The third-order valence-electron chi connectivity index (χ3n) is 2.96. The maximum Gasteiger partial charge on any atom is 0.124 e. The second-order valence-electron chi connectivity index (χ2n) is 4.01. The quantitative estimate of drug-likeness (QED) is 0.812. The molecule has 2 N–H and O–H groups in total. The van der Waals surface area contributed by atoms with Crippen LogP contribution in [-0.4, -0.2) is 23.0 Å². The maximum absolute atomic E-state index is 10.1. The number of phenols is 1. The van der Waals surface area contributed by atoms with Gasteiger partial charge in [-0.2, -0.15) is 0 Å². The third kappa shape index (κ3) is 1.63. The Bertz CT molecular complexity index is 437. The number of hydrogen-bond donors (Lipinski definition) is 2. The maximum atomic E-state index is 10.1. The zero-order chi connectivity index (χ0) is 11.6. The second-order valence-corrected chi connectivity index (χ2v) is 4.01. The smallest absolute Gasteiger partial charge is 0.124 e. The van der Waals surface area contributed by atoms with E-state index in [0.29, 0.717) is 6.42 Å². The minimum absolute atomic E-state index is 0.0368. The summed E-state index contributed by atoms with van der Waals surface area (Å²) >= 11 is 0. The molecule has 1 aliphatic rings. The number of phenolic OH excluding ortho intramolecular Hbond substituents is 1. The summed E-state index contributed by atoms with van der Waals surface area (Å²) in [4.78, 5) is 4.37. The average molecular weight is 217 g/mol. The van der Waals surface area contributed by atoms with Gasteiger partial charge in [-0.1, -0.05) is 24.3 Å². The van der Waals surface area contributed by atoms with E-state index in [4.69, 9.17) is 5.11 Å². The number of nitrogens with zero attached hydrogens (tertiary/aromatic N) is 1. The molecular weight excluding hydrogens is 202 g/mol. The fraction of sp³-hybridized carbons (Fsp3) is 0.308. The van der Waals surface area contributed by atoms with E-state index in [2.05, 4.69) is 4.99 Å². The Morgan fingerprint density at radius 3 is 2.81 bits per heavy atom. The van der Waals surface area contributed by atoms with Crippen molar-refractivity contribution < 1.29 is 10.2 Å². The molecule has 1 unspecified atom stereocenters. The number of aliphatic hydroxyl groups is 1. The molecule has 1 aliphatic heterocycles. The van der Waals surface area contributed by atoms with Crippen LogP contribution in [-0.2, 0) is 5.54 Å². The highest BCUT2D eigenvalue weighted by molar-refractivity contribution is 5.76. The molecule has 0 aliphatic carbocycles. The lowest BCUT2D eigenvalue weighted by Gasteiger charge is -2.25. The molecule has 3 nitrogen and oxygen atoms in total. The molecule has 3 heteroatoms. The largest absolute Gasteiger partial charge is 0.507 e. The third-order valence-corrected chi connectivity index (χ3v) is 2.96. The molecule has 0 spiro atoms. The van der Waals surface area contributed by atoms with Crippen LogP contribution in [0.15, 0.2) is 35.3 Å². The van der Waals surface area contributed by atoms with Crippen molar-refractivity contribution in [3.63, 3.8) is 0 Å². The van der Waals surface area contributed by atoms with Crippen molar-refractivity contribution in [2.24, 2.45) is 4.99 Å². The van der Waals surface area contributed by atoms with E-state index in [1.165, 1.54) is 0 Å². The molecular formula is C13H15NO2. The van der Waals surface area contributed by atoms with Crippen LogP contribution in [0.4, 0.5) is 0 Å². The normalized spacial score (nSPS) is 22.9. The number of para-hydroxylation sites is 1. The van der Waals surface area contributed by atoms with Crippen molar-refractivity contribution in [2.75, 3.05) is 6.61 Å². The molecule has 0 bridgehead atoms. The van der Waals surface area contributed by atoms with Crippen molar-refractivity contribution in [3.8, 4) is 5.75 Å². The Morgan fingerprint density at radius 1 is 1.38 bits per heavy atom. The number of aromatic hydroxyl groups is 1. The molecule has 1 atom stereocenters. The van der Waals surface area contributed by atoms with Crippen molar-refractivity contribution in [1.82, 2.24) is 0 Å². The van der Waals surface area contributed by atoms with Gasteiger partial charge in [0.15, 0.2) is 0 Å². The number of aliphatic hydroxyl groups excluding tert-OH is 1. The van der Waals surface area contributed by atoms with Gasteiger partial charge in [0.1, 0.15) is 11.3 Å². The topological polar surface area (TPSA) is 52.8 Å². The number of benzene rings is 1. The van der Waals surface area contributed by atoms with Gasteiger partial charge in [-0.15, -0.1) is 0 Å². The lowest BCUT2D eigenvalue weighted by molar-refractivity contribution is 0.258. The molecule has 84 valence electrons. The average Bonchev–Trinajstić information content (AvgIpc) is 2.72. The fourth-order valence-corrected chi connectivity index (χ4v) is 2.04. The number of aliphatic imine (C=N–C) groups is 1. The minimum atomic E-state index is -0.592. The van der Waals surface area contributed by atoms with Gasteiger partial charge in [0.05, 0.1) is 0 Å². The van der Waals surface area contributed by atoms with Gasteiger partial charge in [0.25, 0.3) is 0 Å². The molecule has 0 fully saturated rings. The van der Waals surface area contributed by atoms with E-state index in [1.54, 1.807) is 6.21 Å². The van der Waals surface area contributed by atoms with Crippen LogP contribution in [0, 0.1) is 6.92 Å². The minimum Gasteiger partial charge on any atom is -0.507 e. The van der Waals surface area contributed by atoms with Crippen LogP contribution < -0.4 is 0 Å². The summed E-state index contributed by atoms with van der Waals surface area (Å²) in [6.07, 6.45) is 5.95. The van der Waals surface area contributed by atoms with Gasteiger partial charge >= 0.3 is 0 Å². The molecule has 1 aromatic carbocycles. The first-order valence-corrected chi connectivity index (χ1v) is 5.32. The van der Waals surface area contributed by atoms with E-state index < -0.39 is 5.54 Å². The number of rotatable bonds is 3. The molecule has 1 aromatic rings. The van der Waals surface area contributed by atoms with Gasteiger partial charge in [0.2, 0.25) is 0 Å². The van der Waals surface area contributed by atoms with Crippen molar-refractivity contribution in [2.45, 2.75) is 18.9 Å². The Morgan fingerprint density at radius 2 is 2.19 bits per heavy atom. The van der Waals surface area contributed by atoms with Crippen LogP contribution in [0.1, 0.15) is 17.5 Å².